The van der Waals surface area contributed by atoms with E-state index in [1.807, 2.05) is 11.8 Å². The van der Waals surface area contributed by atoms with Crippen LogP contribution in [0.3, 0.4) is 0 Å². The van der Waals surface area contributed by atoms with Gasteiger partial charge in [-0.3, -0.25) is 4.79 Å². The summed E-state index contributed by atoms with van der Waals surface area (Å²) in [6, 6.07) is 1.83. The second-order valence-electron chi connectivity index (χ2n) is 10.3. The summed E-state index contributed by atoms with van der Waals surface area (Å²) in [7, 11) is 0. The third kappa shape index (κ3) is 6.86. The first-order chi connectivity index (χ1) is 19.1. The number of amides is 1. The van der Waals surface area contributed by atoms with Crippen molar-refractivity contribution in [1.82, 2.24) is 29.0 Å². The molecule has 12 nitrogen and oxygen atoms in total. The molecule has 4 heterocycles. The second-order valence-corrected chi connectivity index (χ2v) is 11.4. The minimum Gasteiger partial charge on any atom is -0.444 e. The lowest BCUT2D eigenvalue weighted by atomic mass is 10.2. The molecule has 1 aliphatic rings. The van der Waals surface area contributed by atoms with E-state index < -0.39 is 40.5 Å². The lowest BCUT2D eigenvalue weighted by Crippen LogP contribution is -2.51. The average molecular weight is 666 g/mol. The van der Waals surface area contributed by atoms with Gasteiger partial charge in [0.1, 0.15) is 23.2 Å². The Morgan fingerprint density at radius 3 is 2.41 bits per heavy atom. The Bertz CT molecular complexity index is 1500. The summed E-state index contributed by atoms with van der Waals surface area (Å²) >= 11 is 9.14. The highest BCUT2D eigenvalue weighted by Gasteiger charge is 2.33. The average Bonchev–Trinajstić information content (AvgIpc) is 3.27. The molecule has 0 bridgehead atoms. The number of pyridine rings is 1. The van der Waals surface area contributed by atoms with Gasteiger partial charge in [0.2, 0.25) is 10.5 Å². The molecule has 1 aliphatic heterocycles. The SMILES string of the molecule is CCc1c(N2CCN(C(=O)OC(C)(C)C)CC2)c(=O)n2nc(Br)nc2n1CC(O)Nc1ccc(C(F)(F)F)nc1Cl. The van der Waals surface area contributed by atoms with Gasteiger partial charge in [-0.2, -0.15) is 22.7 Å². The van der Waals surface area contributed by atoms with Crippen LogP contribution in [0.4, 0.5) is 29.3 Å². The number of hydrogen-bond donors (Lipinski definition) is 2. The summed E-state index contributed by atoms with van der Waals surface area (Å²) < 4.78 is 47.2. The van der Waals surface area contributed by atoms with Gasteiger partial charge in [0.15, 0.2) is 5.15 Å². The van der Waals surface area contributed by atoms with Crippen molar-refractivity contribution >= 4 is 50.8 Å². The first-order valence-electron chi connectivity index (χ1n) is 12.7. The predicted octanol–water partition coefficient (Wildman–Crippen LogP) is 3.77. The fraction of sp³-hybridized carbons (Fsp3) is 0.542. The lowest BCUT2D eigenvalue weighted by molar-refractivity contribution is -0.141. The molecular formula is C24H29BrClF3N8O4. The fourth-order valence-electron chi connectivity index (χ4n) is 4.47. The highest BCUT2D eigenvalue weighted by atomic mass is 79.9. The van der Waals surface area contributed by atoms with Gasteiger partial charge in [-0.05, 0) is 55.3 Å². The molecule has 1 atom stereocenters. The van der Waals surface area contributed by atoms with Crippen molar-refractivity contribution in [3.8, 4) is 0 Å². The Labute approximate surface area is 246 Å². The number of halogens is 5. The Kier molecular flexibility index (Phi) is 8.76. The number of carbonyl (C=O) groups excluding carboxylic acids is 1. The number of alkyl halides is 3. The van der Waals surface area contributed by atoms with Crippen LogP contribution in [0.15, 0.2) is 21.7 Å². The number of piperazine rings is 1. The minimum absolute atomic E-state index is 0.0107. The van der Waals surface area contributed by atoms with Crippen molar-refractivity contribution in [3.63, 3.8) is 0 Å². The number of nitrogens with zero attached hydrogens (tertiary/aromatic N) is 7. The van der Waals surface area contributed by atoms with E-state index in [1.54, 1.807) is 30.2 Å². The summed E-state index contributed by atoms with van der Waals surface area (Å²) in [5.41, 5.74) is -1.35. The van der Waals surface area contributed by atoms with Gasteiger partial charge in [0.05, 0.1) is 12.2 Å². The number of aliphatic hydroxyl groups excluding tert-OH is 1. The number of hydrogen-bond acceptors (Lipinski definition) is 9. The summed E-state index contributed by atoms with van der Waals surface area (Å²) in [5, 5.41) is 17.3. The second kappa shape index (κ2) is 11.6. The van der Waals surface area contributed by atoms with Gasteiger partial charge in [-0.25, -0.2) is 9.78 Å². The quantitative estimate of drug-likeness (QED) is 0.299. The van der Waals surface area contributed by atoms with Gasteiger partial charge in [-0.1, -0.05) is 18.5 Å². The van der Waals surface area contributed by atoms with E-state index in [0.29, 0.717) is 44.0 Å². The van der Waals surface area contributed by atoms with E-state index in [9.17, 15) is 27.9 Å². The molecule has 0 saturated carbocycles. The van der Waals surface area contributed by atoms with Crippen molar-refractivity contribution in [1.29, 1.82) is 0 Å². The molecule has 3 aromatic rings. The maximum absolute atomic E-state index is 13.6. The zero-order valence-corrected chi connectivity index (χ0v) is 25.0. The number of anilines is 2. The normalized spacial score (nSPS) is 15.4. The van der Waals surface area contributed by atoms with E-state index in [-0.39, 0.29) is 22.7 Å². The van der Waals surface area contributed by atoms with Gasteiger partial charge in [-0.15, -0.1) is 5.10 Å². The van der Waals surface area contributed by atoms with Crippen molar-refractivity contribution < 1.29 is 27.8 Å². The van der Waals surface area contributed by atoms with E-state index in [1.165, 1.54) is 0 Å². The summed E-state index contributed by atoms with van der Waals surface area (Å²) in [6.45, 7) is 8.35. The van der Waals surface area contributed by atoms with Gasteiger partial charge >= 0.3 is 12.3 Å². The van der Waals surface area contributed by atoms with Crippen LogP contribution in [0.2, 0.25) is 5.15 Å². The lowest BCUT2D eigenvalue weighted by Gasteiger charge is -2.37. The van der Waals surface area contributed by atoms with Crippen LogP contribution >= 0.6 is 27.5 Å². The highest BCUT2D eigenvalue weighted by molar-refractivity contribution is 9.10. The number of fused-ring (bicyclic) bond motifs is 1. The molecule has 4 rings (SSSR count). The van der Waals surface area contributed by atoms with Crippen LogP contribution in [0.1, 0.15) is 39.1 Å². The maximum Gasteiger partial charge on any atom is 0.433 e. The monoisotopic (exact) mass is 664 g/mol. The zero-order chi connectivity index (χ0) is 30.3. The maximum atomic E-state index is 13.6. The molecule has 0 aliphatic carbocycles. The molecule has 1 saturated heterocycles. The van der Waals surface area contributed by atoms with Gasteiger partial charge < -0.3 is 29.5 Å². The first-order valence-corrected chi connectivity index (χ1v) is 13.8. The molecule has 41 heavy (non-hydrogen) atoms. The molecule has 17 heteroatoms. The van der Waals surface area contributed by atoms with Crippen LogP contribution in [-0.2, 0) is 23.9 Å². The number of nitrogens with one attached hydrogen (secondary N) is 1. The van der Waals surface area contributed by atoms with Crippen LogP contribution in [0, 0.1) is 0 Å². The van der Waals surface area contributed by atoms with E-state index in [0.717, 1.165) is 16.6 Å². The van der Waals surface area contributed by atoms with Crippen LogP contribution < -0.4 is 15.8 Å². The van der Waals surface area contributed by atoms with E-state index in [4.69, 9.17) is 16.3 Å². The Morgan fingerprint density at radius 2 is 1.85 bits per heavy atom. The van der Waals surface area contributed by atoms with Gasteiger partial charge in [0, 0.05) is 31.9 Å². The molecule has 0 radical (unpaired) electrons. The number of ether oxygens (including phenoxy) is 1. The van der Waals surface area contributed by atoms with E-state index >= 15 is 0 Å². The number of rotatable bonds is 6. The van der Waals surface area contributed by atoms with Crippen molar-refractivity contribution in [2.24, 2.45) is 0 Å². The first kappa shape index (κ1) is 30.8. The molecule has 1 amide bonds. The smallest absolute Gasteiger partial charge is 0.433 e. The number of aliphatic hydroxyl groups is 1. The predicted molar refractivity (Wildman–Crippen MR) is 148 cm³/mol. The van der Waals surface area contributed by atoms with Crippen molar-refractivity contribution in [2.45, 2.75) is 58.7 Å². The fourth-order valence-corrected chi connectivity index (χ4v) is 4.99. The molecule has 2 N–H and O–H groups in total. The standard InChI is InChI=1S/C24H29BrClF3N8O4/c1-5-14-17(34-8-10-35(11-9-34)22(40)41-23(2,3)4)19(39)37-21(32-20(25)33-37)36(14)12-16(38)30-13-6-7-15(24(27,28)29)31-18(13)26/h6-7,16,30,38H,5,8-12H2,1-4H3. The molecule has 1 fully saturated rings. The third-order valence-corrected chi connectivity index (χ3v) is 6.82. The number of carbonyl (C=O) groups is 1. The van der Waals surface area contributed by atoms with E-state index in [2.05, 4.69) is 36.3 Å². The van der Waals surface area contributed by atoms with Gasteiger partial charge in [0.25, 0.3) is 5.56 Å². The minimum atomic E-state index is -4.67. The number of aromatic nitrogens is 5. The van der Waals surface area contributed by atoms with Crippen LogP contribution in [0.25, 0.3) is 5.78 Å². The zero-order valence-electron chi connectivity index (χ0n) is 22.7. The van der Waals surface area contributed by atoms with Crippen molar-refractivity contribution in [3.05, 3.63) is 43.8 Å². The molecule has 3 aromatic heterocycles. The van der Waals surface area contributed by atoms with Crippen molar-refractivity contribution in [2.75, 3.05) is 36.4 Å². The summed E-state index contributed by atoms with van der Waals surface area (Å²) in [6.07, 6.45) is -6.11. The summed E-state index contributed by atoms with van der Waals surface area (Å²) in [4.78, 5) is 37.2. The molecule has 1 unspecified atom stereocenters. The van der Waals surface area contributed by atoms with Crippen LogP contribution in [-0.4, -0.2) is 78.3 Å². The third-order valence-electron chi connectivity index (χ3n) is 6.20. The molecule has 0 spiro atoms. The van der Waals surface area contributed by atoms with Crippen LogP contribution in [0.5, 0.6) is 0 Å². The molecular weight excluding hydrogens is 637 g/mol. The molecule has 0 aromatic carbocycles. The largest absolute Gasteiger partial charge is 0.444 e. The Morgan fingerprint density at radius 1 is 1.20 bits per heavy atom. The summed E-state index contributed by atoms with van der Waals surface area (Å²) in [5.74, 6) is 0.146. The molecule has 224 valence electrons. The Balaban J connectivity index is 1.63. The topological polar surface area (TPSA) is 130 Å². The Hall–Kier alpha value is -3.11. The highest BCUT2D eigenvalue weighted by Crippen LogP contribution is 2.31.